The minimum Gasteiger partial charge on any atom is -0.363 e. The van der Waals surface area contributed by atoms with Crippen molar-refractivity contribution >= 4 is 17.3 Å². The number of imidazole rings is 1. The average molecular weight is 360 g/mol. The third kappa shape index (κ3) is 3.15. The summed E-state index contributed by atoms with van der Waals surface area (Å²) < 4.78 is 2.91. The summed E-state index contributed by atoms with van der Waals surface area (Å²) in [7, 11) is 0. The summed E-state index contributed by atoms with van der Waals surface area (Å²) in [6.45, 7) is 8.37. The Hall–Kier alpha value is -3.24. The van der Waals surface area contributed by atoms with Crippen molar-refractivity contribution in [1.82, 2.24) is 29.1 Å². The van der Waals surface area contributed by atoms with E-state index in [1.807, 2.05) is 20.8 Å². The number of nitro groups is 1. The summed E-state index contributed by atoms with van der Waals surface area (Å²) >= 11 is 0. The molecule has 0 aliphatic rings. The van der Waals surface area contributed by atoms with Crippen LogP contribution in [0.5, 0.6) is 0 Å². The van der Waals surface area contributed by atoms with Gasteiger partial charge in [0.25, 0.3) is 0 Å². The van der Waals surface area contributed by atoms with Gasteiger partial charge in [-0.05, 0) is 4.92 Å². The van der Waals surface area contributed by atoms with Crippen LogP contribution in [0.4, 0.5) is 11.6 Å². The van der Waals surface area contributed by atoms with Gasteiger partial charge in [0.1, 0.15) is 12.7 Å². The van der Waals surface area contributed by atoms with Crippen molar-refractivity contribution in [1.29, 1.82) is 0 Å². The molecule has 3 aromatic heterocycles. The summed E-state index contributed by atoms with van der Waals surface area (Å²) in [6.07, 6.45) is 2.90. The van der Waals surface area contributed by atoms with Gasteiger partial charge < -0.3 is 15.4 Å². The van der Waals surface area contributed by atoms with Gasteiger partial charge in [-0.2, -0.15) is 0 Å². The van der Waals surface area contributed by atoms with Crippen LogP contribution in [-0.4, -0.2) is 40.6 Å². The Morgan fingerprint density at radius 2 is 2.12 bits per heavy atom. The Bertz CT molecular complexity index is 1020. The van der Waals surface area contributed by atoms with E-state index < -0.39 is 4.92 Å². The average Bonchev–Trinajstić information content (AvgIpc) is 3.10. The van der Waals surface area contributed by atoms with Crippen LogP contribution in [0.15, 0.2) is 17.2 Å². The zero-order valence-electron chi connectivity index (χ0n) is 15.0. The van der Waals surface area contributed by atoms with Crippen LogP contribution in [0.2, 0.25) is 0 Å². The number of rotatable bonds is 5. The second-order valence-corrected chi connectivity index (χ2v) is 6.95. The molecule has 0 unspecified atom stereocenters. The molecule has 0 spiro atoms. The standard InChI is InChI=1S/C15H20N8O3/c1-9-17-7-11(23(25)26)21(9)6-5-16-12-13-19-20-14(24)22(13)8-10(18-12)15(2,3)4/h7-8H,5-6H2,1-4H3,(H,16,18)(H,20,24). The Kier molecular flexibility index (Phi) is 4.22. The first kappa shape index (κ1) is 17.6. The second-order valence-electron chi connectivity index (χ2n) is 6.95. The van der Waals surface area contributed by atoms with Crippen molar-refractivity contribution in [3.63, 3.8) is 0 Å². The number of aromatic nitrogens is 6. The maximum atomic E-state index is 11.9. The number of fused-ring (bicyclic) bond motifs is 1. The molecule has 0 saturated carbocycles. The monoisotopic (exact) mass is 360 g/mol. The summed E-state index contributed by atoms with van der Waals surface area (Å²) in [5, 5.41) is 20.6. The fourth-order valence-electron chi connectivity index (χ4n) is 2.56. The van der Waals surface area contributed by atoms with Gasteiger partial charge in [-0.1, -0.05) is 20.8 Å². The smallest absolute Gasteiger partial charge is 0.347 e. The fourth-order valence-corrected chi connectivity index (χ4v) is 2.56. The third-order valence-electron chi connectivity index (χ3n) is 4.02. The van der Waals surface area contributed by atoms with Crippen molar-refractivity contribution in [3.8, 4) is 0 Å². The number of hydrogen-bond donors (Lipinski definition) is 2. The number of nitrogens with zero attached hydrogens (tertiary/aromatic N) is 6. The summed E-state index contributed by atoms with van der Waals surface area (Å²) in [5.74, 6) is 0.925. The quantitative estimate of drug-likeness (QED) is 0.516. The Labute approximate surface area is 148 Å². The molecule has 0 bridgehead atoms. The molecule has 0 aromatic carbocycles. The zero-order valence-corrected chi connectivity index (χ0v) is 15.0. The van der Waals surface area contributed by atoms with Crippen molar-refractivity contribution < 1.29 is 4.92 Å². The van der Waals surface area contributed by atoms with E-state index in [1.54, 1.807) is 13.1 Å². The highest BCUT2D eigenvalue weighted by Gasteiger charge is 2.21. The molecule has 0 amide bonds. The number of anilines is 1. The van der Waals surface area contributed by atoms with E-state index in [1.165, 1.54) is 15.2 Å². The van der Waals surface area contributed by atoms with Crippen LogP contribution in [0.3, 0.4) is 0 Å². The molecule has 3 heterocycles. The SMILES string of the molecule is Cc1ncc([N+](=O)[O-])n1CCNc1nc(C(C)(C)C)cn2c(=O)[nH]nc12. The van der Waals surface area contributed by atoms with E-state index in [-0.39, 0.29) is 16.9 Å². The van der Waals surface area contributed by atoms with Crippen molar-refractivity contribution in [2.24, 2.45) is 0 Å². The summed E-state index contributed by atoms with van der Waals surface area (Å²) in [4.78, 5) is 31.1. The molecule has 2 N–H and O–H groups in total. The van der Waals surface area contributed by atoms with Crippen LogP contribution >= 0.6 is 0 Å². The van der Waals surface area contributed by atoms with E-state index in [0.29, 0.717) is 30.4 Å². The normalized spacial score (nSPS) is 11.8. The summed E-state index contributed by atoms with van der Waals surface area (Å²) in [5.41, 5.74) is 0.485. The molecule has 11 heteroatoms. The minimum absolute atomic E-state index is 0.0677. The topological polar surface area (TPSA) is 136 Å². The molecule has 11 nitrogen and oxygen atoms in total. The second kappa shape index (κ2) is 6.24. The molecule has 0 aliphatic heterocycles. The summed E-state index contributed by atoms with van der Waals surface area (Å²) in [6, 6.07) is 0. The number of aromatic amines is 1. The molecule has 138 valence electrons. The molecular formula is C15H20N8O3. The molecule has 26 heavy (non-hydrogen) atoms. The van der Waals surface area contributed by atoms with Gasteiger partial charge in [0.15, 0.2) is 11.6 Å². The van der Waals surface area contributed by atoms with Crippen molar-refractivity contribution in [2.45, 2.75) is 39.7 Å². The van der Waals surface area contributed by atoms with Crippen molar-refractivity contribution in [3.05, 3.63) is 44.5 Å². The number of nitrogens with one attached hydrogen (secondary N) is 2. The first-order valence-corrected chi connectivity index (χ1v) is 8.07. The van der Waals surface area contributed by atoms with Gasteiger partial charge in [0, 0.05) is 18.5 Å². The predicted octanol–water partition coefficient (Wildman–Crippen LogP) is 1.24. The molecule has 0 fully saturated rings. The minimum atomic E-state index is -0.468. The molecular weight excluding hydrogens is 340 g/mol. The van der Waals surface area contributed by atoms with Crippen LogP contribution in [0.25, 0.3) is 5.65 Å². The molecule has 0 atom stereocenters. The van der Waals surface area contributed by atoms with Gasteiger partial charge in [0.2, 0.25) is 5.65 Å². The van der Waals surface area contributed by atoms with E-state index in [4.69, 9.17) is 0 Å². The fraction of sp³-hybridized carbons (Fsp3) is 0.467. The number of hydrogen-bond acceptors (Lipinski definition) is 7. The van der Waals surface area contributed by atoms with E-state index in [0.717, 1.165) is 5.69 Å². The highest BCUT2D eigenvalue weighted by atomic mass is 16.6. The first-order chi connectivity index (χ1) is 12.2. The van der Waals surface area contributed by atoms with Gasteiger partial charge in [0.05, 0.1) is 12.2 Å². The van der Waals surface area contributed by atoms with E-state index in [2.05, 4.69) is 25.5 Å². The van der Waals surface area contributed by atoms with Gasteiger partial charge in [-0.15, -0.1) is 5.10 Å². The van der Waals surface area contributed by atoms with Crippen LogP contribution in [-0.2, 0) is 12.0 Å². The maximum absolute atomic E-state index is 11.9. The zero-order chi connectivity index (χ0) is 19.1. The maximum Gasteiger partial charge on any atom is 0.347 e. The van der Waals surface area contributed by atoms with E-state index in [9.17, 15) is 14.9 Å². The molecule has 3 aromatic rings. The lowest BCUT2D eigenvalue weighted by molar-refractivity contribution is -0.392. The van der Waals surface area contributed by atoms with Crippen LogP contribution in [0, 0.1) is 17.0 Å². The Balaban J connectivity index is 1.89. The van der Waals surface area contributed by atoms with Crippen LogP contribution < -0.4 is 11.0 Å². The number of aryl methyl sites for hydroxylation is 1. The molecule has 0 radical (unpaired) electrons. The highest BCUT2D eigenvalue weighted by Crippen LogP contribution is 2.23. The highest BCUT2D eigenvalue weighted by molar-refractivity contribution is 5.62. The lowest BCUT2D eigenvalue weighted by Gasteiger charge is -2.19. The molecule has 0 saturated heterocycles. The predicted molar refractivity (Wildman–Crippen MR) is 94.4 cm³/mol. The van der Waals surface area contributed by atoms with Gasteiger partial charge in [-0.3, -0.25) is 0 Å². The van der Waals surface area contributed by atoms with Gasteiger partial charge >= 0.3 is 11.5 Å². The van der Waals surface area contributed by atoms with Crippen LogP contribution in [0.1, 0.15) is 32.3 Å². The molecule has 3 rings (SSSR count). The molecule has 0 aliphatic carbocycles. The third-order valence-corrected chi connectivity index (χ3v) is 4.02. The largest absolute Gasteiger partial charge is 0.363 e. The van der Waals surface area contributed by atoms with E-state index >= 15 is 0 Å². The Morgan fingerprint density at radius 1 is 1.38 bits per heavy atom. The first-order valence-electron chi connectivity index (χ1n) is 8.07. The van der Waals surface area contributed by atoms with Crippen molar-refractivity contribution in [2.75, 3.05) is 11.9 Å². The Morgan fingerprint density at radius 3 is 2.77 bits per heavy atom. The van der Waals surface area contributed by atoms with Gasteiger partial charge in [-0.25, -0.2) is 28.8 Å². The number of H-pyrrole nitrogens is 1. The lowest BCUT2D eigenvalue weighted by Crippen LogP contribution is -2.20. The lowest BCUT2D eigenvalue weighted by atomic mass is 9.93.